The van der Waals surface area contributed by atoms with Crippen molar-refractivity contribution in [1.82, 2.24) is 16.0 Å². The fraction of sp³-hybridized carbons (Fsp3) is 0.895. The molecule has 2 aliphatic rings. The molecule has 3 N–H and O–H groups in total. The van der Waals surface area contributed by atoms with Gasteiger partial charge in [0.05, 0.1) is 12.6 Å². The fourth-order valence-corrected chi connectivity index (χ4v) is 3.10. The number of unbranched alkanes of at least 4 members (excludes halogenated alkanes) is 1. The molecule has 144 valence electrons. The summed E-state index contributed by atoms with van der Waals surface area (Å²) in [6.45, 7) is 11.6. The number of carbonyl (C=O) groups excluding carboxylic acids is 1. The number of hydrogen-bond acceptors (Lipinski definition) is 3. The summed E-state index contributed by atoms with van der Waals surface area (Å²) in [5.74, 6) is 1.27. The van der Waals surface area contributed by atoms with Gasteiger partial charge in [-0.15, -0.1) is 0 Å². The number of nitrogens with one attached hydrogen (secondary N) is 3. The summed E-state index contributed by atoms with van der Waals surface area (Å²) < 4.78 is 6.01. The Bertz CT molecular complexity index is 460. The zero-order valence-corrected chi connectivity index (χ0v) is 16.4. The first kappa shape index (κ1) is 20.0. The van der Waals surface area contributed by atoms with Crippen LogP contribution >= 0.6 is 0 Å². The van der Waals surface area contributed by atoms with Gasteiger partial charge in [0.25, 0.3) is 0 Å². The Balaban J connectivity index is 1.74. The maximum absolute atomic E-state index is 11.6. The summed E-state index contributed by atoms with van der Waals surface area (Å²) in [4.78, 5) is 16.2. The third kappa shape index (κ3) is 5.87. The molecule has 0 radical (unpaired) electrons. The van der Waals surface area contributed by atoms with Gasteiger partial charge in [-0.25, -0.2) is 0 Å². The number of guanidine groups is 1. The lowest BCUT2D eigenvalue weighted by atomic mass is 9.64. The quantitative estimate of drug-likeness (QED) is 0.320. The van der Waals surface area contributed by atoms with Gasteiger partial charge < -0.3 is 20.7 Å². The fourth-order valence-electron chi connectivity index (χ4n) is 3.10. The van der Waals surface area contributed by atoms with Crippen LogP contribution in [0.4, 0.5) is 0 Å². The minimum absolute atomic E-state index is 0.101. The van der Waals surface area contributed by atoms with Gasteiger partial charge in [0.15, 0.2) is 5.96 Å². The van der Waals surface area contributed by atoms with Crippen LogP contribution in [0.2, 0.25) is 0 Å². The highest BCUT2D eigenvalue weighted by molar-refractivity contribution is 5.81. The summed E-state index contributed by atoms with van der Waals surface area (Å²) >= 11 is 0. The van der Waals surface area contributed by atoms with Gasteiger partial charge in [0.1, 0.15) is 0 Å². The van der Waals surface area contributed by atoms with E-state index in [0.717, 1.165) is 44.8 Å². The van der Waals surface area contributed by atoms with E-state index in [1.165, 1.54) is 6.42 Å². The molecule has 6 nitrogen and oxygen atoms in total. The molecule has 1 amide bonds. The van der Waals surface area contributed by atoms with E-state index in [4.69, 9.17) is 4.74 Å². The first-order chi connectivity index (χ1) is 12.0. The molecule has 0 bridgehead atoms. The molecule has 2 rings (SSSR count). The van der Waals surface area contributed by atoms with Crippen molar-refractivity contribution in [3.63, 3.8) is 0 Å². The van der Waals surface area contributed by atoms with Crippen LogP contribution in [0.5, 0.6) is 0 Å². The zero-order chi connectivity index (χ0) is 18.3. The van der Waals surface area contributed by atoms with E-state index in [9.17, 15) is 4.79 Å². The smallest absolute Gasteiger partial charge is 0.223 e. The average molecular weight is 353 g/mol. The van der Waals surface area contributed by atoms with E-state index in [0.29, 0.717) is 25.2 Å². The Kier molecular flexibility index (Phi) is 7.54. The molecule has 2 saturated carbocycles. The molecular formula is C19H36N4O2. The molecule has 25 heavy (non-hydrogen) atoms. The normalized spacial score (nSPS) is 25.2. The lowest BCUT2D eigenvalue weighted by Gasteiger charge is -2.52. The first-order valence-electron chi connectivity index (χ1n) is 9.93. The van der Waals surface area contributed by atoms with Crippen LogP contribution < -0.4 is 16.0 Å². The first-order valence-corrected chi connectivity index (χ1v) is 9.93. The van der Waals surface area contributed by atoms with Crippen molar-refractivity contribution < 1.29 is 9.53 Å². The van der Waals surface area contributed by atoms with Crippen LogP contribution in [0.3, 0.4) is 0 Å². The van der Waals surface area contributed by atoms with Gasteiger partial charge in [-0.2, -0.15) is 0 Å². The van der Waals surface area contributed by atoms with Crippen molar-refractivity contribution in [2.75, 3.05) is 26.2 Å². The van der Waals surface area contributed by atoms with Gasteiger partial charge in [0.2, 0.25) is 5.91 Å². The van der Waals surface area contributed by atoms with Gasteiger partial charge in [-0.1, -0.05) is 27.2 Å². The molecule has 0 aromatic carbocycles. The molecule has 2 atom stereocenters. The van der Waals surface area contributed by atoms with Crippen LogP contribution in [0.25, 0.3) is 0 Å². The van der Waals surface area contributed by atoms with E-state index in [-0.39, 0.29) is 17.2 Å². The van der Waals surface area contributed by atoms with Gasteiger partial charge in [-0.05, 0) is 32.6 Å². The third-order valence-corrected chi connectivity index (χ3v) is 5.28. The zero-order valence-electron chi connectivity index (χ0n) is 16.4. The van der Waals surface area contributed by atoms with Crippen molar-refractivity contribution >= 4 is 11.9 Å². The summed E-state index contributed by atoms with van der Waals surface area (Å²) in [7, 11) is 0. The van der Waals surface area contributed by atoms with E-state index < -0.39 is 0 Å². The predicted octanol–water partition coefficient (Wildman–Crippen LogP) is 2.05. The minimum atomic E-state index is 0.101. The second kappa shape index (κ2) is 9.41. The largest absolute Gasteiger partial charge is 0.378 e. The molecule has 0 aromatic rings. The van der Waals surface area contributed by atoms with Crippen molar-refractivity contribution in [1.29, 1.82) is 0 Å². The molecule has 6 heteroatoms. The average Bonchev–Trinajstić information content (AvgIpc) is 3.41. The third-order valence-electron chi connectivity index (χ3n) is 5.28. The molecule has 0 spiro atoms. The summed E-state index contributed by atoms with van der Waals surface area (Å²) in [5.41, 5.74) is 0.101. The second-order valence-corrected chi connectivity index (χ2v) is 7.79. The highest BCUT2D eigenvalue weighted by atomic mass is 16.5. The highest BCUT2D eigenvalue weighted by Crippen LogP contribution is 2.42. The molecule has 2 unspecified atom stereocenters. The monoisotopic (exact) mass is 352 g/mol. The van der Waals surface area contributed by atoms with Crippen molar-refractivity contribution in [2.45, 2.75) is 71.9 Å². The predicted molar refractivity (Wildman–Crippen MR) is 102 cm³/mol. The molecule has 0 aliphatic heterocycles. The van der Waals surface area contributed by atoms with Crippen LogP contribution in [0.1, 0.15) is 59.8 Å². The highest BCUT2D eigenvalue weighted by Gasteiger charge is 2.49. The van der Waals surface area contributed by atoms with Gasteiger partial charge in [-0.3, -0.25) is 9.79 Å². The topological polar surface area (TPSA) is 74.8 Å². The number of ether oxygens (including phenoxy) is 1. The summed E-state index contributed by atoms with van der Waals surface area (Å²) in [5, 5.41) is 9.78. The van der Waals surface area contributed by atoms with E-state index in [1.54, 1.807) is 0 Å². The summed E-state index contributed by atoms with van der Waals surface area (Å²) in [6, 6.07) is 0.359. The Labute approximate surface area is 152 Å². The van der Waals surface area contributed by atoms with E-state index in [2.05, 4.69) is 48.6 Å². The molecule has 0 aromatic heterocycles. The Morgan fingerprint density at radius 1 is 1.24 bits per heavy atom. The van der Waals surface area contributed by atoms with Crippen molar-refractivity contribution in [3.8, 4) is 0 Å². The van der Waals surface area contributed by atoms with Crippen LogP contribution in [0, 0.1) is 11.3 Å². The molecular weight excluding hydrogens is 316 g/mol. The number of carbonyl (C=O) groups is 1. The van der Waals surface area contributed by atoms with Crippen molar-refractivity contribution in [2.24, 2.45) is 16.3 Å². The number of hydrogen-bond donors (Lipinski definition) is 3. The van der Waals surface area contributed by atoms with Crippen LogP contribution in [0.15, 0.2) is 4.99 Å². The molecule has 2 fully saturated rings. The Morgan fingerprint density at radius 3 is 2.60 bits per heavy atom. The molecule has 0 saturated heterocycles. The van der Waals surface area contributed by atoms with E-state index >= 15 is 0 Å². The molecule has 2 aliphatic carbocycles. The maximum Gasteiger partial charge on any atom is 0.223 e. The second-order valence-electron chi connectivity index (χ2n) is 7.79. The lowest BCUT2D eigenvalue weighted by Crippen LogP contribution is -2.63. The number of aliphatic imine (C=N–C) groups is 1. The maximum atomic E-state index is 11.6. The van der Waals surface area contributed by atoms with Crippen LogP contribution in [-0.4, -0.2) is 50.3 Å². The summed E-state index contributed by atoms with van der Waals surface area (Å²) in [6.07, 6.45) is 5.71. The standard InChI is InChI=1S/C19H36N4O2/c1-5-7-12-25-16-13-15(19(16,3)4)23-18(20-6-2)22-11-10-21-17(24)14-8-9-14/h14-16H,5-13H2,1-4H3,(H,21,24)(H2,20,22,23). The SMILES string of the molecule is CCCCOC1CC(NC(=NCCNC(=O)C2CC2)NCC)C1(C)C. The van der Waals surface area contributed by atoms with Gasteiger partial charge >= 0.3 is 0 Å². The Hall–Kier alpha value is -1.30. The lowest BCUT2D eigenvalue weighted by molar-refractivity contribution is -0.122. The van der Waals surface area contributed by atoms with Gasteiger partial charge in [0, 0.05) is 37.1 Å². The molecule has 0 heterocycles. The van der Waals surface area contributed by atoms with E-state index in [1.807, 2.05) is 0 Å². The number of nitrogens with zero attached hydrogens (tertiary/aromatic N) is 1. The number of amides is 1. The van der Waals surface area contributed by atoms with Crippen LogP contribution in [-0.2, 0) is 9.53 Å². The Morgan fingerprint density at radius 2 is 2.00 bits per heavy atom. The minimum Gasteiger partial charge on any atom is -0.378 e. The number of rotatable bonds is 10. The van der Waals surface area contributed by atoms with Crippen molar-refractivity contribution in [3.05, 3.63) is 0 Å².